The number of carbonyl (C=O) groups is 1. The molecule has 0 spiro atoms. The first-order chi connectivity index (χ1) is 11.1. The van der Waals surface area contributed by atoms with Gasteiger partial charge in [-0.15, -0.1) is 0 Å². The smallest absolute Gasteiger partial charge is 0.234 e. The summed E-state index contributed by atoms with van der Waals surface area (Å²) in [5.74, 6) is 0.785. The van der Waals surface area contributed by atoms with Crippen LogP contribution in [0.1, 0.15) is 25.5 Å². The summed E-state index contributed by atoms with van der Waals surface area (Å²) in [7, 11) is 2.01. The van der Waals surface area contributed by atoms with E-state index in [1.165, 1.54) is 12.8 Å². The lowest BCUT2D eigenvalue weighted by molar-refractivity contribution is -0.122. The minimum absolute atomic E-state index is 0.0225. The maximum atomic E-state index is 12.0. The molecule has 6 nitrogen and oxygen atoms in total. The van der Waals surface area contributed by atoms with Gasteiger partial charge in [0, 0.05) is 6.04 Å². The molecular weight excluding hydrogens is 290 g/mol. The first kappa shape index (κ1) is 15.7. The average Bonchev–Trinajstić information content (AvgIpc) is 3.31. The quantitative estimate of drug-likeness (QED) is 0.843. The number of hydrogen-bond donors (Lipinski definition) is 1. The summed E-state index contributed by atoms with van der Waals surface area (Å²) in [5.41, 5.74) is 1.66. The molecule has 3 rings (SSSR count). The number of likely N-dealkylation sites (N-methyl/N-ethyl adjacent to an activating group) is 1. The Bertz CT molecular complexity index is 650. The summed E-state index contributed by atoms with van der Waals surface area (Å²) in [4.78, 5) is 15.7. The summed E-state index contributed by atoms with van der Waals surface area (Å²) >= 11 is 0. The summed E-state index contributed by atoms with van der Waals surface area (Å²) in [5, 5.41) is 11.5. The predicted octanol–water partition coefficient (Wildman–Crippen LogP) is 1.61. The molecule has 6 heteroatoms. The molecule has 1 aromatic heterocycles. The normalized spacial score (nSPS) is 15.6. The van der Waals surface area contributed by atoms with Gasteiger partial charge in [0.1, 0.15) is 5.69 Å². The van der Waals surface area contributed by atoms with E-state index < -0.39 is 0 Å². The Morgan fingerprint density at radius 2 is 2.13 bits per heavy atom. The van der Waals surface area contributed by atoms with E-state index in [0.29, 0.717) is 19.1 Å². The van der Waals surface area contributed by atoms with Crippen molar-refractivity contribution in [2.24, 2.45) is 5.92 Å². The number of para-hydroxylation sites is 1. The third-order valence-electron chi connectivity index (χ3n) is 4.39. The number of hydrogen-bond acceptors (Lipinski definition) is 4. The van der Waals surface area contributed by atoms with E-state index in [9.17, 15) is 4.79 Å². The van der Waals surface area contributed by atoms with Crippen molar-refractivity contribution in [1.82, 2.24) is 25.2 Å². The zero-order valence-corrected chi connectivity index (χ0v) is 13.6. The number of aromatic nitrogens is 3. The van der Waals surface area contributed by atoms with Crippen LogP contribution in [0.15, 0.2) is 36.5 Å². The van der Waals surface area contributed by atoms with Gasteiger partial charge in [-0.25, -0.2) is 0 Å². The van der Waals surface area contributed by atoms with Gasteiger partial charge in [-0.3, -0.25) is 9.69 Å². The zero-order valence-electron chi connectivity index (χ0n) is 13.6. The fourth-order valence-corrected chi connectivity index (χ4v) is 2.62. The van der Waals surface area contributed by atoms with Gasteiger partial charge in [-0.05, 0) is 44.9 Å². The highest BCUT2D eigenvalue weighted by atomic mass is 16.2. The number of amides is 1. The average molecular weight is 313 g/mol. The van der Waals surface area contributed by atoms with Gasteiger partial charge in [0.05, 0.1) is 25.0 Å². The van der Waals surface area contributed by atoms with Gasteiger partial charge < -0.3 is 5.32 Å². The molecule has 1 aliphatic rings. The SMILES string of the molecule is CC(C1CC1)N(C)CC(=O)NCc1cnn(-c2ccccc2)n1. The van der Waals surface area contributed by atoms with Crippen LogP contribution in [0.4, 0.5) is 0 Å². The van der Waals surface area contributed by atoms with Gasteiger partial charge in [-0.1, -0.05) is 18.2 Å². The second kappa shape index (κ2) is 6.91. The third kappa shape index (κ3) is 4.16. The highest BCUT2D eigenvalue weighted by molar-refractivity contribution is 5.77. The number of rotatable bonds is 7. The van der Waals surface area contributed by atoms with Gasteiger partial charge in [0.15, 0.2) is 0 Å². The van der Waals surface area contributed by atoms with Gasteiger partial charge in [-0.2, -0.15) is 15.0 Å². The van der Waals surface area contributed by atoms with Crippen molar-refractivity contribution in [3.05, 3.63) is 42.2 Å². The lowest BCUT2D eigenvalue weighted by atomic mass is 10.2. The van der Waals surface area contributed by atoms with E-state index >= 15 is 0 Å². The molecule has 1 aromatic carbocycles. The molecule has 1 N–H and O–H groups in total. The topological polar surface area (TPSA) is 63.1 Å². The maximum absolute atomic E-state index is 12.0. The van der Waals surface area contributed by atoms with E-state index in [4.69, 9.17) is 0 Å². The first-order valence-corrected chi connectivity index (χ1v) is 8.07. The fraction of sp³-hybridized carbons (Fsp3) is 0.471. The van der Waals surface area contributed by atoms with Crippen LogP contribution in [0, 0.1) is 5.92 Å². The van der Waals surface area contributed by atoms with E-state index in [1.54, 1.807) is 11.0 Å². The number of nitrogens with zero attached hydrogens (tertiary/aromatic N) is 4. The van der Waals surface area contributed by atoms with Crippen molar-refractivity contribution in [2.45, 2.75) is 32.4 Å². The Balaban J connectivity index is 1.48. The summed E-state index contributed by atoms with van der Waals surface area (Å²) < 4.78 is 0. The second-order valence-electron chi connectivity index (χ2n) is 6.23. The molecule has 1 atom stereocenters. The number of nitrogens with one attached hydrogen (secondary N) is 1. The zero-order chi connectivity index (χ0) is 16.2. The first-order valence-electron chi connectivity index (χ1n) is 8.07. The molecular formula is C17H23N5O. The predicted molar refractivity (Wildman–Crippen MR) is 88.0 cm³/mol. The fourth-order valence-electron chi connectivity index (χ4n) is 2.62. The molecule has 1 saturated carbocycles. The molecule has 122 valence electrons. The number of benzene rings is 1. The third-order valence-corrected chi connectivity index (χ3v) is 4.39. The van der Waals surface area contributed by atoms with Crippen LogP contribution in [-0.4, -0.2) is 45.4 Å². The lowest BCUT2D eigenvalue weighted by Crippen LogP contribution is -2.40. The standard InChI is InChI=1S/C17H23N5O/c1-13(14-8-9-14)21(2)12-17(23)18-10-15-11-19-22(20-15)16-6-4-3-5-7-16/h3-7,11,13-14H,8-10,12H2,1-2H3,(H,18,23). The van der Waals surface area contributed by atoms with Gasteiger partial charge in [0.25, 0.3) is 0 Å². The summed E-state index contributed by atoms with van der Waals surface area (Å²) in [6, 6.07) is 10.2. The Morgan fingerprint density at radius 1 is 1.39 bits per heavy atom. The summed E-state index contributed by atoms with van der Waals surface area (Å²) in [6.45, 7) is 3.01. The Hall–Kier alpha value is -2.21. The van der Waals surface area contributed by atoms with Crippen molar-refractivity contribution < 1.29 is 4.79 Å². The highest BCUT2D eigenvalue weighted by Crippen LogP contribution is 2.34. The van der Waals surface area contributed by atoms with E-state index in [1.807, 2.05) is 37.4 Å². The summed E-state index contributed by atoms with van der Waals surface area (Å²) in [6.07, 6.45) is 4.26. The van der Waals surface area contributed by atoms with Crippen LogP contribution < -0.4 is 5.32 Å². The van der Waals surface area contributed by atoms with Crippen LogP contribution in [0.2, 0.25) is 0 Å². The molecule has 0 saturated heterocycles. The molecule has 2 aromatic rings. The van der Waals surface area contributed by atoms with Crippen LogP contribution >= 0.6 is 0 Å². The Labute approximate surface area is 136 Å². The van der Waals surface area contributed by atoms with Gasteiger partial charge in [0.2, 0.25) is 5.91 Å². The van der Waals surface area contributed by atoms with Crippen LogP contribution in [0.5, 0.6) is 0 Å². The minimum Gasteiger partial charge on any atom is -0.349 e. The molecule has 1 unspecified atom stereocenters. The van der Waals surface area contributed by atoms with Crippen molar-refractivity contribution in [3.63, 3.8) is 0 Å². The Kier molecular flexibility index (Phi) is 4.71. The molecule has 0 bridgehead atoms. The Morgan fingerprint density at radius 3 is 2.83 bits per heavy atom. The molecule has 1 amide bonds. The van der Waals surface area contributed by atoms with Crippen molar-refractivity contribution >= 4 is 5.91 Å². The van der Waals surface area contributed by atoms with Crippen LogP contribution in [0.3, 0.4) is 0 Å². The van der Waals surface area contributed by atoms with Crippen LogP contribution in [-0.2, 0) is 11.3 Å². The molecule has 1 heterocycles. The molecule has 0 aliphatic heterocycles. The molecule has 0 radical (unpaired) electrons. The largest absolute Gasteiger partial charge is 0.349 e. The van der Waals surface area contributed by atoms with Crippen LogP contribution in [0.25, 0.3) is 5.69 Å². The number of carbonyl (C=O) groups excluding carboxylic acids is 1. The van der Waals surface area contributed by atoms with E-state index in [-0.39, 0.29) is 5.91 Å². The molecule has 1 fully saturated rings. The van der Waals surface area contributed by atoms with Crippen molar-refractivity contribution in [3.8, 4) is 5.69 Å². The minimum atomic E-state index is 0.0225. The molecule has 23 heavy (non-hydrogen) atoms. The lowest BCUT2D eigenvalue weighted by Gasteiger charge is -2.23. The highest BCUT2D eigenvalue weighted by Gasteiger charge is 2.30. The maximum Gasteiger partial charge on any atom is 0.234 e. The van der Waals surface area contributed by atoms with E-state index in [0.717, 1.165) is 17.3 Å². The van der Waals surface area contributed by atoms with E-state index in [2.05, 4.69) is 27.3 Å². The van der Waals surface area contributed by atoms with Crippen molar-refractivity contribution in [2.75, 3.05) is 13.6 Å². The second-order valence-corrected chi connectivity index (χ2v) is 6.23. The monoisotopic (exact) mass is 313 g/mol. The van der Waals surface area contributed by atoms with Crippen molar-refractivity contribution in [1.29, 1.82) is 0 Å². The molecule has 1 aliphatic carbocycles. The van der Waals surface area contributed by atoms with Gasteiger partial charge >= 0.3 is 0 Å².